The molecule has 0 aliphatic rings. The Morgan fingerprint density at radius 3 is 2.05 bits per heavy atom. The van der Waals surface area contributed by atoms with Crippen molar-refractivity contribution in [3.8, 4) is 0 Å². The van der Waals surface area contributed by atoms with E-state index in [4.69, 9.17) is 0 Å². The first kappa shape index (κ1) is 18.2. The highest BCUT2D eigenvalue weighted by Gasteiger charge is 2.20. The van der Waals surface area contributed by atoms with Crippen molar-refractivity contribution in [3.63, 3.8) is 0 Å². The molecule has 0 bridgehead atoms. The standard InChI is InChI=1S/C16H31NO2/c1-4-6-7-8-9-10-11-12-13-14-16(3,19)17-15(18)5-2/h5,19H,2,4,6-14H2,1,3H3,(H,17,18). The number of unbranched alkanes of at least 4 members (excludes halogenated alkanes) is 8. The van der Waals surface area contributed by atoms with E-state index in [1.165, 1.54) is 51.0 Å². The van der Waals surface area contributed by atoms with E-state index in [1.807, 2.05) is 0 Å². The second-order valence-corrected chi connectivity index (χ2v) is 5.55. The van der Waals surface area contributed by atoms with Gasteiger partial charge in [-0.15, -0.1) is 0 Å². The van der Waals surface area contributed by atoms with Crippen LogP contribution >= 0.6 is 0 Å². The van der Waals surface area contributed by atoms with Crippen LogP contribution in [0.4, 0.5) is 0 Å². The molecule has 1 amide bonds. The summed E-state index contributed by atoms with van der Waals surface area (Å²) >= 11 is 0. The number of rotatable bonds is 12. The van der Waals surface area contributed by atoms with Crippen LogP contribution < -0.4 is 5.32 Å². The molecule has 0 aliphatic carbocycles. The Balaban J connectivity index is 3.42. The molecule has 3 nitrogen and oxygen atoms in total. The zero-order chi connectivity index (χ0) is 14.6. The van der Waals surface area contributed by atoms with E-state index in [-0.39, 0.29) is 5.91 Å². The highest BCUT2D eigenvalue weighted by atomic mass is 16.3. The summed E-state index contributed by atoms with van der Waals surface area (Å²) in [6.07, 6.45) is 13.0. The molecule has 0 saturated heterocycles. The molecule has 0 radical (unpaired) electrons. The topological polar surface area (TPSA) is 49.3 Å². The van der Waals surface area contributed by atoms with Gasteiger partial charge in [0.05, 0.1) is 0 Å². The van der Waals surface area contributed by atoms with Crippen molar-refractivity contribution in [2.75, 3.05) is 0 Å². The van der Waals surface area contributed by atoms with E-state index in [1.54, 1.807) is 6.92 Å². The molecule has 0 saturated carbocycles. The molecule has 1 unspecified atom stereocenters. The summed E-state index contributed by atoms with van der Waals surface area (Å²) in [5.74, 6) is -0.319. The average Bonchev–Trinajstić information content (AvgIpc) is 2.36. The van der Waals surface area contributed by atoms with Crippen molar-refractivity contribution >= 4 is 5.91 Å². The van der Waals surface area contributed by atoms with Crippen molar-refractivity contribution < 1.29 is 9.90 Å². The molecular weight excluding hydrogens is 238 g/mol. The molecule has 0 fully saturated rings. The largest absolute Gasteiger partial charge is 0.371 e. The molecule has 0 aromatic heterocycles. The van der Waals surface area contributed by atoms with Gasteiger partial charge in [0.15, 0.2) is 0 Å². The second kappa shape index (κ2) is 11.0. The first-order valence-electron chi connectivity index (χ1n) is 7.69. The lowest BCUT2D eigenvalue weighted by atomic mass is 10.0. The third-order valence-electron chi connectivity index (χ3n) is 3.35. The maximum atomic E-state index is 11.1. The van der Waals surface area contributed by atoms with Crippen LogP contribution in [0.5, 0.6) is 0 Å². The smallest absolute Gasteiger partial charge is 0.245 e. The van der Waals surface area contributed by atoms with E-state index in [2.05, 4.69) is 18.8 Å². The molecule has 0 aromatic rings. The summed E-state index contributed by atoms with van der Waals surface area (Å²) in [5, 5.41) is 12.5. The third-order valence-corrected chi connectivity index (χ3v) is 3.35. The van der Waals surface area contributed by atoms with Gasteiger partial charge in [0, 0.05) is 0 Å². The summed E-state index contributed by atoms with van der Waals surface area (Å²) in [7, 11) is 0. The minimum Gasteiger partial charge on any atom is -0.371 e. The second-order valence-electron chi connectivity index (χ2n) is 5.55. The number of carbonyl (C=O) groups excluding carboxylic acids is 1. The molecule has 1 atom stereocenters. The van der Waals surface area contributed by atoms with Gasteiger partial charge >= 0.3 is 0 Å². The number of hydrogen-bond donors (Lipinski definition) is 2. The summed E-state index contributed by atoms with van der Waals surface area (Å²) in [4.78, 5) is 11.1. The fraction of sp³-hybridized carbons (Fsp3) is 0.812. The van der Waals surface area contributed by atoms with Crippen molar-refractivity contribution in [2.24, 2.45) is 0 Å². The number of aliphatic hydroxyl groups is 1. The van der Waals surface area contributed by atoms with Gasteiger partial charge in [-0.3, -0.25) is 4.79 Å². The fourth-order valence-electron chi connectivity index (χ4n) is 2.16. The zero-order valence-electron chi connectivity index (χ0n) is 12.7. The van der Waals surface area contributed by atoms with E-state index in [9.17, 15) is 9.90 Å². The average molecular weight is 269 g/mol. The molecular formula is C16H31NO2. The van der Waals surface area contributed by atoms with Gasteiger partial charge in [-0.2, -0.15) is 0 Å². The monoisotopic (exact) mass is 269 g/mol. The molecule has 112 valence electrons. The lowest BCUT2D eigenvalue weighted by Gasteiger charge is -2.23. The third kappa shape index (κ3) is 12.0. The molecule has 0 rings (SSSR count). The van der Waals surface area contributed by atoms with Gasteiger partial charge in [0.2, 0.25) is 5.91 Å². The summed E-state index contributed by atoms with van der Waals surface area (Å²) in [5.41, 5.74) is -1.10. The molecule has 0 heterocycles. The van der Waals surface area contributed by atoms with Crippen LogP contribution in [0.1, 0.15) is 78.1 Å². The minimum absolute atomic E-state index is 0.319. The highest BCUT2D eigenvalue weighted by Crippen LogP contribution is 2.14. The first-order valence-corrected chi connectivity index (χ1v) is 7.69. The van der Waals surface area contributed by atoms with Gasteiger partial charge in [-0.25, -0.2) is 0 Å². The number of hydrogen-bond acceptors (Lipinski definition) is 2. The Labute approximate surface area is 118 Å². The lowest BCUT2D eigenvalue weighted by Crippen LogP contribution is -2.45. The van der Waals surface area contributed by atoms with Gasteiger partial charge in [-0.1, -0.05) is 64.9 Å². The van der Waals surface area contributed by atoms with Crippen molar-refractivity contribution in [3.05, 3.63) is 12.7 Å². The molecule has 0 aromatic carbocycles. The molecule has 3 heteroatoms. The minimum atomic E-state index is -1.10. The van der Waals surface area contributed by atoms with Gasteiger partial charge in [0.25, 0.3) is 0 Å². The molecule has 0 spiro atoms. The van der Waals surface area contributed by atoms with Crippen LogP contribution in [-0.2, 0) is 4.79 Å². The van der Waals surface area contributed by atoms with Crippen molar-refractivity contribution in [1.82, 2.24) is 5.32 Å². The maximum Gasteiger partial charge on any atom is 0.245 e. The van der Waals surface area contributed by atoms with Crippen molar-refractivity contribution in [2.45, 2.75) is 83.8 Å². The quantitative estimate of drug-likeness (QED) is 0.320. The number of carbonyl (C=O) groups is 1. The predicted molar refractivity (Wildman–Crippen MR) is 80.8 cm³/mol. The SMILES string of the molecule is C=CC(=O)NC(C)(O)CCCCCCCCCCC. The lowest BCUT2D eigenvalue weighted by molar-refractivity contribution is -0.123. The van der Waals surface area contributed by atoms with Gasteiger partial charge in [0.1, 0.15) is 5.72 Å². The van der Waals surface area contributed by atoms with Crippen LogP contribution in [0.2, 0.25) is 0 Å². The molecule has 0 aliphatic heterocycles. The van der Waals surface area contributed by atoms with Crippen LogP contribution in [0.25, 0.3) is 0 Å². The van der Waals surface area contributed by atoms with Gasteiger partial charge < -0.3 is 10.4 Å². The Kier molecular flexibility index (Phi) is 10.6. The molecule has 2 N–H and O–H groups in total. The zero-order valence-corrected chi connectivity index (χ0v) is 12.7. The fourth-order valence-corrected chi connectivity index (χ4v) is 2.16. The van der Waals surface area contributed by atoms with E-state index in [0.717, 1.165) is 12.8 Å². The van der Waals surface area contributed by atoms with Crippen LogP contribution in [0, 0.1) is 0 Å². The van der Waals surface area contributed by atoms with E-state index < -0.39 is 5.72 Å². The van der Waals surface area contributed by atoms with E-state index in [0.29, 0.717) is 6.42 Å². The maximum absolute atomic E-state index is 11.1. The number of nitrogens with one attached hydrogen (secondary N) is 1. The normalized spacial score (nSPS) is 13.8. The van der Waals surface area contributed by atoms with Crippen LogP contribution in [0.15, 0.2) is 12.7 Å². The Morgan fingerprint density at radius 2 is 1.58 bits per heavy atom. The highest BCUT2D eigenvalue weighted by molar-refractivity contribution is 5.87. The predicted octanol–water partition coefficient (Wildman–Crippen LogP) is 3.92. The summed E-state index contributed by atoms with van der Waals surface area (Å²) in [6.45, 7) is 7.24. The Hall–Kier alpha value is -0.830. The van der Waals surface area contributed by atoms with Crippen LogP contribution in [-0.4, -0.2) is 16.7 Å². The summed E-state index contributed by atoms with van der Waals surface area (Å²) in [6, 6.07) is 0. The summed E-state index contributed by atoms with van der Waals surface area (Å²) < 4.78 is 0. The van der Waals surface area contributed by atoms with Crippen LogP contribution in [0.3, 0.4) is 0 Å². The molecule has 19 heavy (non-hydrogen) atoms. The van der Waals surface area contributed by atoms with Crippen molar-refractivity contribution in [1.29, 1.82) is 0 Å². The Bertz CT molecular complexity index is 249. The first-order chi connectivity index (χ1) is 9.02. The van der Waals surface area contributed by atoms with Gasteiger partial charge in [-0.05, 0) is 25.8 Å². The number of amides is 1. The Morgan fingerprint density at radius 1 is 1.11 bits per heavy atom. The van der Waals surface area contributed by atoms with E-state index >= 15 is 0 Å².